The van der Waals surface area contributed by atoms with E-state index in [0.29, 0.717) is 18.3 Å². The zero-order valence-electron chi connectivity index (χ0n) is 16.1. The average molecular weight is 368 g/mol. The number of carbonyl (C=O) groups is 1. The molecule has 2 heterocycles. The molecular formula is C21H28N4O2. The van der Waals surface area contributed by atoms with Gasteiger partial charge in [-0.2, -0.15) is 5.10 Å². The second-order valence-electron chi connectivity index (χ2n) is 7.24. The number of benzene rings is 1. The van der Waals surface area contributed by atoms with Gasteiger partial charge in [0.25, 0.3) is 5.91 Å². The van der Waals surface area contributed by atoms with Gasteiger partial charge in [-0.15, -0.1) is 0 Å². The van der Waals surface area contributed by atoms with E-state index in [4.69, 9.17) is 0 Å². The van der Waals surface area contributed by atoms with Crippen LogP contribution in [0.5, 0.6) is 0 Å². The first-order valence-corrected chi connectivity index (χ1v) is 9.75. The number of para-hydroxylation sites is 1. The van der Waals surface area contributed by atoms with Crippen LogP contribution in [0.4, 0.5) is 0 Å². The highest BCUT2D eigenvalue weighted by Gasteiger charge is 2.18. The van der Waals surface area contributed by atoms with Crippen LogP contribution < -0.4 is 10.7 Å². The second kappa shape index (κ2) is 8.95. The summed E-state index contributed by atoms with van der Waals surface area (Å²) in [6.07, 6.45) is 4.68. The van der Waals surface area contributed by atoms with E-state index in [2.05, 4.69) is 22.2 Å². The fraction of sp³-hybridized carbons (Fsp3) is 0.476. The van der Waals surface area contributed by atoms with Crippen molar-refractivity contribution >= 4 is 5.91 Å². The molecule has 0 saturated carbocycles. The molecule has 2 aromatic rings. The smallest absolute Gasteiger partial charge is 0.275 e. The van der Waals surface area contributed by atoms with E-state index in [0.717, 1.165) is 25.2 Å². The molecule has 27 heavy (non-hydrogen) atoms. The Balaban J connectivity index is 1.62. The number of likely N-dealkylation sites (tertiary alicyclic amines) is 1. The van der Waals surface area contributed by atoms with E-state index in [-0.39, 0.29) is 11.1 Å². The van der Waals surface area contributed by atoms with Gasteiger partial charge in [0.05, 0.1) is 5.69 Å². The summed E-state index contributed by atoms with van der Waals surface area (Å²) in [5.41, 5.74) is 1.11. The summed E-state index contributed by atoms with van der Waals surface area (Å²) in [6.45, 7) is 6.72. The lowest BCUT2D eigenvalue weighted by atomic mass is 10.0. The van der Waals surface area contributed by atoms with Crippen molar-refractivity contribution in [1.82, 2.24) is 20.0 Å². The van der Waals surface area contributed by atoms with E-state index in [1.165, 1.54) is 25.3 Å². The van der Waals surface area contributed by atoms with Gasteiger partial charge in [0.15, 0.2) is 5.69 Å². The number of nitrogens with one attached hydrogen (secondary N) is 1. The number of piperidine rings is 1. The van der Waals surface area contributed by atoms with Crippen LogP contribution >= 0.6 is 0 Å². The molecule has 1 aliphatic rings. The molecule has 1 N–H and O–H groups in total. The Morgan fingerprint density at radius 1 is 1.26 bits per heavy atom. The lowest BCUT2D eigenvalue weighted by Crippen LogP contribution is -2.39. The molecule has 1 aromatic heterocycles. The molecule has 0 radical (unpaired) electrons. The van der Waals surface area contributed by atoms with Crippen LogP contribution in [0.25, 0.3) is 5.69 Å². The minimum absolute atomic E-state index is 0.0595. The van der Waals surface area contributed by atoms with Crippen molar-refractivity contribution in [2.24, 2.45) is 0 Å². The Morgan fingerprint density at radius 3 is 2.78 bits per heavy atom. The van der Waals surface area contributed by atoms with Gasteiger partial charge in [-0.1, -0.05) is 24.6 Å². The lowest BCUT2D eigenvalue weighted by Gasteiger charge is -2.33. The molecule has 1 amide bonds. The number of carbonyl (C=O) groups excluding carboxylic acids is 1. The fourth-order valence-corrected chi connectivity index (χ4v) is 3.59. The average Bonchev–Trinajstić information content (AvgIpc) is 2.67. The third-order valence-electron chi connectivity index (χ3n) is 5.17. The SMILES string of the molecule is Cc1cc(=O)c(C(=O)NCCCN2CCCC[C@H]2C)nn1-c1ccccc1. The van der Waals surface area contributed by atoms with Crippen LogP contribution in [0.3, 0.4) is 0 Å². The van der Waals surface area contributed by atoms with Gasteiger partial charge in [0.1, 0.15) is 0 Å². The van der Waals surface area contributed by atoms with Crippen LogP contribution in [0.15, 0.2) is 41.2 Å². The topological polar surface area (TPSA) is 67.2 Å². The van der Waals surface area contributed by atoms with E-state index >= 15 is 0 Å². The summed E-state index contributed by atoms with van der Waals surface area (Å²) in [4.78, 5) is 27.2. The molecule has 0 unspecified atom stereocenters. The molecule has 6 nitrogen and oxygen atoms in total. The maximum atomic E-state index is 12.5. The number of amides is 1. The summed E-state index contributed by atoms with van der Waals surface area (Å²) in [7, 11) is 0. The second-order valence-corrected chi connectivity index (χ2v) is 7.24. The minimum atomic E-state index is -0.406. The minimum Gasteiger partial charge on any atom is -0.350 e. The number of nitrogens with zero attached hydrogens (tertiary/aromatic N) is 3. The van der Waals surface area contributed by atoms with E-state index in [1.54, 1.807) is 4.68 Å². The quantitative estimate of drug-likeness (QED) is 0.796. The third-order valence-corrected chi connectivity index (χ3v) is 5.17. The van der Waals surface area contributed by atoms with Crippen LogP contribution in [0.1, 0.15) is 48.8 Å². The summed E-state index contributed by atoms with van der Waals surface area (Å²) in [5.74, 6) is -0.406. The Bertz CT molecular complexity index is 832. The number of hydrogen-bond acceptors (Lipinski definition) is 4. The van der Waals surface area contributed by atoms with Crippen molar-refractivity contribution in [2.45, 2.75) is 45.6 Å². The monoisotopic (exact) mass is 368 g/mol. The highest BCUT2D eigenvalue weighted by molar-refractivity contribution is 5.92. The molecule has 1 fully saturated rings. The molecule has 0 aliphatic carbocycles. The highest BCUT2D eigenvalue weighted by atomic mass is 16.2. The molecule has 0 spiro atoms. The number of rotatable bonds is 6. The molecule has 0 bridgehead atoms. The molecule has 144 valence electrons. The predicted octanol–water partition coefficient (Wildman–Crippen LogP) is 2.54. The lowest BCUT2D eigenvalue weighted by molar-refractivity contribution is 0.0941. The summed E-state index contributed by atoms with van der Waals surface area (Å²) < 4.78 is 1.63. The first-order chi connectivity index (χ1) is 13.1. The standard InChI is InChI=1S/C21H28N4O2/c1-16-9-6-7-13-24(16)14-8-12-22-21(27)20-19(26)15-17(2)25(23-20)18-10-4-3-5-11-18/h3-5,10-11,15-16H,6-9,12-14H2,1-2H3,(H,22,27)/t16-/m1/s1. The number of aromatic nitrogens is 2. The Morgan fingerprint density at radius 2 is 2.04 bits per heavy atom. The molecule has 1 saturated heterocycles. The molecule has 6 heteroatoms. The molecule has 3 rings (SSSR count). The molecular weight excluding hydrogens is 340 g/mol. The maximum absolute atomic E-state index is 12.5. The Labute approximate surface area is 160 Å². The van der Waals surface area contributed by atoms with E-state index < -0.39 is 5.91 Å². The van der Waals surface area contributed by atoms with Gasteiger partial charge in [0.2, 0.25) is 5.43 Å². The summed E-state index contributed by atoms with van der Waals surface area (Å²) in [5, 5.41) is 7.16. The van der Waals surface area contributed by atoms with Crippen LogP contribution in [0.2, 0.25) is 0 Å². The van der Waals surface area contributed by atoms with Gasteiger partial charge < -0.3 is 10.2 Å². The van der Waals surface area contributed by atoms with Crippen molar-refractivity contribution in [2.75, 3.05) is 19.6 Å². The maximum Gasteiger partial charge on any atom is 0.275 e. The van der Waals surface area contributed by atoms with Crippen molar-refractivity contribution in [3.05, 3.63) is 58.0 Å². The normalized spacial score (nSPS) is 17.6. The summed E-state index contributed by atoms with van der Waals surface area (Å²) in [6, 6.07) is 11.6. The van der Waals surface area contributed by atoms with Crippen molar-refractivity contribution < 1.29 is 4.79 Å². The van der Waals surface area contributed by atoms with Gasteiger partial charge in [-0.25, -0.2) is 4.68 Å². The van der Waals surface area contributed by atoms with Crippen LogP contribution in [0, 0.1) is 6.92 Å². The summed E-state index contributed by atoms with van der Waals surface area (Å²) >= 11 is 0. The highest BCUT2D eigenvalue weighted by Crippen LogP contribution is 2.16. The third kappa shape index (κ3) is 4.83. The zero-order chi connectivity index (χ0) is 19.2. The fourth-order valence-electron chi connectivity index (χ4n) is 3.59. The first kappa shape index (κ1) is 19.3. The Hall–Kier alpha value is -2.47. The van der Waals surface area contributed by atoms with Gasteiger partial charge in [-0.3, -0.25) is 9.59 Å². The molecule has 1 aromatic carbocycles. The molecule has 1 atom stereocenters. The van der Waals surface area contributed by atoms with Gasteiger partial charge in [-0.05, 0) is 51.8 Å². The van der Waals surface area contributed by atoms with Crippen LogP contribution in [-0.4, -0.2) is 46.3 Å². The van der Waals surface area contributed by atoms with Crippen molar-refractivity contribution in [1.29, 1.82) is 0 Å². The number of aryl methyl sites for hydroxylation is 1. The zero-order valence-corrected chi connectivity index (χ0v) is 16.1. The van der Waals surface area contributed by atoms with Gasteiger partial charge >= 0.3 is 0 Å². The van der Waals surface area contributed by atoms with Crippen LogP contribution in [-0.2, 0) is 0 Å². The largest absolute Gasteiger partial charge is 0.350 e. The number of hydrogen-bond donors (Lipinski definition) is 1. The first-order valence-electron chi connectivity index (χ1n) is 9.75. The van der Waals surface area contributed by atoms with Crippen molar-refractivity contribution in [3.8, 4) is 5.69 Å². The van der Waals surface area contributed by atoms with Crippen molar-refractivity contribution in [3.63, 3.8) is 0 Å². The predicted molar refractivity (Wildman–Crippen MR) is 106 cm³/mol. The molecule has 1 aliphatic heterocycles. The Kier molecular flexibility index (Phi) is 6.40. The van der Waals surface area contributed by atoms with E-state index in [9.17, 15) is 9.59 Å². The van der Waals surface area contributed by atoms with Gasteiger partial charge in [0, 0.05) is 30.9 Å². The van der Waals surface area contributed by atoms with E-state index in [1.807, 2.05) is 37.3 Å².